The highest BCUT2D eigenvalue weighted by Gasteiger charge is 2.27. The number of hydrogen-bond acceptors (Lipinski definition) is 4. The van der Waals surface area contributed by atoms with Crippen LogP contribution in [0.5, 0.6) is 0 Å². The van der Waals surface area contributed by atoms with Crippen LogP contribution in [0.2, 0.25) is 0 Å². The second-order valence-electron chi connectivity index (χ2n) is 4.84. The molecule has 1 aliphatic heterocycles. The quantitative estimate of drug-likeness (QED) is 0.827. The van der Waals surface area contributed by atoms with Crippen LogP contribution in [-0.4, -0.2) is 66.6 Å². The molecular weight excluding hydrogens is 266 g/mol. The highest BCUT2D eigenvalue weighted by Crippen LogP contribution is 2.17. The number of aliphatic hydroxyl groups is 1. The van der Waals surface area contributed by atoms with Gasteiger partial charge < -0.3 is 9.67 Å². The fourth-order valence-corrected chi connectivity index (χ4v) is 3.85. The van der Waals surface area contributed by atoms with Crippen LogP contribution in [0.3, 0.4) is 0 Å². The first-order valence-electron chi connectivity index (χ1n) is 6.49. The van der Waals surface area contributed by atoms with Crippen molar-refractivity contribution in [2.75, 3.05) is 39.3 Å². The Morgan fingerprint density at radius 1 is 1.26 bits per heavy atom. The van der Waals surface area contributed by atoms with Gasteiger partial charge in [-0.15, -0.1) is 0 Å². The summed E-state index contributed by atoms with van der Waals surface area (Å²) in [5, 5.41) is 8.94. The average Bonchev–Trinajstić information content (AvgIpc) is 2.66. The molecule has 2 rings (SSSR count). The highest BCUT2D eigenvalue weighted by molar-refractivity contribution is 7.89. The molecule has 6 nitrogen and oxygen atoms in total. The number of rotatable bonds is 4. The number of sulfonamides is 1. The molecule has 0 saturated carbocycles. The van der Waals surface area contributed by atoms with Crippen LogP contribution < -0.4 is 0 Å². The molecule has 1 aliphatic rings. The van der Waals surface area contributed by atoms with Crippen LogP contribution in [0.25, 0.3) is 0 Å². The van der Waals surface area contributed by atoms with Crippen molar-refractivity contribution < 1.29 is 13.5 Å². The lowest BCUT2D eigenvalue weighted by Crippen LogP contribution is -2.35. The van der Waals surface area contributed by atoms with E-state index < -0.39 is 10.0 Å². The Morgan fingerprint density at radius 2 is 2.05 bits per heavy atom. The Morgan fingerprint density at radius 3 is 2.68 bits per heavy atom. The van der Waals surface area contributed by atoms with Crippen LogP contribution in [0, 0.1) is 0 Å². The molecule has 1 N–H and O–H groups in total. The topological polar surface area (TPSA) is 65.8 Å². The van der Waals surface area contributed by atoms with E-state index in [0.29, 0.717) is 31.1 Å². The van der Waals surface area contributed by atoms with Crippen molar-refractivity contribution in [3.05, 3.63) is 18.5 Å². The van der Waals surface area contributed by atoms with Crippen LogP contribution in [0.1, 0.15) is 6.42 Å². The number of aliphatic hydroxyl groups excluding tert-OH is 1. The van der Waals surface area contributed by atoms with Gasteiger partial charge in [-0.3, -0.25) is 4.90 Å². The van der Waals surface area contributed by atoms with E-state index in [-0.39, 0.29) is 6.61 Å². The van der Waals surface area contributed by atoms with E-state index in [9.17, 15) is 8.42 Å². The fourth-order valence-electron chi connectivity index (χ4n) is 2.33. The predicted octanol–water partition coefficient (Wildman–Crippen LogP) is -0.286. The minimum absolute atomic E-state index is 0.117. The lowest BCUT2D eigenvalue weighted by atomic mass is 10.4. The number of β-amino-alcohol motifs (C(OH)–C–C–N with tert-alkyl or cyclic N) is 1. The molecule has 1 saturated heterocycles. The van der Waals surface area contributed by atoms with Gasteiger partial charge in [-0.25, -0.2) is 8.42 Å². The van der Waals surface area contributed by atoms with Gasteiger partial charge in [0.2, 0.25) is 10.0 Å². The monoisotopic (exact) mass is 287 g/mol. The fraction of sp³-hybridized carbons (Fsp3) is 0.667. The Labute approximate surface area is 114 Å². The molecule has 1 fully saturated rings. The Balaban J connectivity index is 2.09. The van der Waals surface area contributed by atoms with Crippen molar-refractivity contribution in [2.24, 2.45) is 7.05 Å². The predicted molar refractivity (Wildman–Crippen MR) is 72.3 cm³/mol. The van der Waals surface area contributed by atoms with E-state index in [1.54, 1.807) is 27.3 Å². The summed E-state index contributed by atoms with van der Waals surface area (Å²) in [4.78, 5) is 2.45. The maximum absolute atomic E-state index is 12.5. The van der Waals surface area contributed by atoms with Gasteiger partial charge in [-0.05, 0) is 19.0 Å². The molecule has 1 aromatic heterocycles. The first-order chi connectivity index (χ1) is 9.04. The smallest absolute Gasteiger partial charge is 0.244 e. The van der Waals surface area contributed by atoms with Crippen LogP contribution in [-0.2, 0) is 17.1 Å². The van der Waals surface area contributed by atoms with Crippen molar-refractivity contribution >= 4 is 10.0 Å². The normalized spacial score (nSPS) is 19.5. The van der Waals surface area contributed by atoms with Crippen LogP contribution in [0.15, 0.2) is 23.4 Å². The number of aryl methyl sites for hydroxylation is 1. The van der Waals surface area contributed by atoms with Gasteiger partial charge in [0.15, 0.2) is 0 Å². The lowest BCUT2D eigenvalue weighted by molar-refractivity contribution is 0.202. The molecule has 1 aromatic rings. The minimum Gasteiger partial charge on any atom is -0.395 e. The van der Waals surface area contributed by atoms with E-state index in [4.69, 9.17) is 5.11 Å². The number of hydrogen-bond donors (Lipinski definition) is 1. The van der Waals surface area contributed by atoms with Crippen molar-refractivity contribution in [1.82, 2.24) is 13.8 Å². The molecule has 0 aliphatic carbocycles. The molecule has 0 aromatic carbocycles. The Hall–Kier alpha value is -0.890. The third-order valence-corrected chi connectivity index (χ3v) is 5.29. The summed E-state index contributed by atoms with van der Waals surface area (Å²) in [7, 11) is -1.57. The zero-order chi connectivity index (χ0) is 13.9. The second-order valence-corrected chi connectivity index (χ2v) is 6.77. The van der Waals surface area contributed by atoms with Crippen molar-refractivity contribution in [1.29, 1.82) is 0 Å². The summed E-state index contributed by atoms with van der Waals surface area (Å²) in [6.45, 7) is 3.26. The summed E-state index contributed by atoms with van der Waals surface area (Å²) in [6.07, 6.45) is 4.17. The third kappa shape index (κ3) is 3.36. The second kappa shape index (κ2) is 6.04. The largest absolute Gasteiger partial charge is 0.395 e. The van der Waals surface area contributed by atoms with E-state index in [2.05, 4.69) is 4.90 Å². The standard InChI is InChI=1S/C12H21N3O3S/c1-13-6-3-12(11-13)19(17,18)15-5-2-4-14(7-8-15)9-10-16/h3,6,11,16H,2,4-5,7-10H2,1H3. The first kappa shape index (κ1) is 14.5. The van der Waals surface area contributed by atoms with Crippen molar-refractivity contribution in [3.8, 4) is 0 Å². The zero-order valence-electron chi connectivity index (χ0n) is 11.2. The molecule has 7 heteroatoms. The van der Waals surface area contributed by atoms with Crippen LogP contribution in [0.4, 0.5) is 0 Å². The summed E-state index contributed by atoms with van der Waals surface area (Å²) < 4.78 is 28.2. The number of nitrogens with zero attached hydrogens (tertiary/aromatic N) is 3. The summed E-state index contributed by atoms with van der Waals surface area (Å²) >= 11 is 0. The van der Waals surface area contributed by atoms with E-state index in [0.717, 1.165) is 13.0 Å². The van der Waals surface area contributed by atoms with E-state index in [1.165, 1.54) is 0 Å². The van der Waals surface area contributed by atoms with Crippen molar-refractivity contribution in [3.63, 3.8) is 0 Å². The minimum atomic E-state index is -3.38. The summed E-state index contributed by atoms with van der Waals surface area (Å²) in [5.74, 6) is 0. The Kier molecular flexibility index (Phi) is 4.62. The van der Waals surface area contributed by atoms with Crippen LogP contribution >= 0.6 is 0 Å². The molecule has 0 bridgehead atoms. The van der Waals surface area contributed by atoms with E-state index in [1.807, 2.05) is 7.05 Å². The van der Waals surface area contributed by atoms with Gasteiger partial charge in [0.05, 0.1) is 11.5 Å². The highest BCUT2D eigenvalue weighted by atomic mass is 32.2. The maximum atomic E-state index is 12.5. The van der Waals surface area contributed by atoms with Gasteiger partial charge >= 0.3 is 0 Å². The average molecular weight is 287 g/mol. The van der Waals surface area contributed by atoms with Gasteiger partial charge in [-0.2, -0.15) is 4.31 Å². The molecule has 2 heterocycles. The SMILES string of the molecule is Cn1ccc(S(=O)(=O)N2CCCN(CCO)CC2)c1. The lowest BCUT2D eigenvalue weighted by Gasteiger charge is -2.20. The molecule has 0 amide bonds. The third-order valence-electron chi connectivity index (χ3n) is 3.41. The molecule has 19 heavy (non-hydrogen) atoms. The van der Waals surface area contributed by atoms with Crippen molar-refractivity contribution in [2.45, 2.75) is 11.3 Å². The zero-order valence-corrected chi connectivity index (χ0v) is 12.0. The van der Waals surface area contributed by atoms with Gasteiger partial charge in [0.1, 0.15) is 0 Å². The first-order valence-corrected chi connectivity index (χ1v) is 7.93. The molecule has 0 spiro atoms. The molecule has 108 valence electrons. The van der Waals surface area contributed by atoms with E-state index >= 15 is 0 Å². The molecule has 0 atom stereocenters. The molecular formula is C12H21N3O3S. The van der Waals surface area contributed by atoms with Gasteiger partial charge in [0, 0.05) is 45.6 Å². The molecule has 0 unspecified atom stereocenters. The maximum Gasteiger partial charge on any atom is 0.244 e. The number of aromatic nitrogens is 1. The summed E-state index contributed by atoms with van der Waals surface area (Å²) in [5.41, 5.74) is 0. The summed E-state index contributed by atoms with van der Waals surface area (Å²) in [6, 6.07) is 1.63. The van der Waals surface area contributed by atoms with Gasteiger partial charge in [0.25, 0.3) is 0 Å². The Bertz CT molecular complexity index is 512. The van der Waals surface area contributed by atoms with Gasteiger partial charge in [-0.1, -0.05) is 0 Å². The molecule has 0 radical (unpaired) electrons.